The summed E-state index contributed by atoms with van der Waals surface area (Å²) in [5.41, 5.74) is 0.972. The average molecular weight is 266 g/mol. The van der Waals surface area contributed by atoms with Gasteiger partial charge in [0.05, 0.1) is 24.8 Å². The van der Waals surface area contributed by atoms with Crippen LogP contribution in [-0.2, 0) is 9.47 Å². The first-order valence-electron chi connectivity index (χ1n) is 6.07. The summed E-state index contributed by atoms with van der Waals surface area (Å²) in [4.78, 5) is 1.97. The first kappa shape index (κ1) is 15.4. The lowest BCUT2D eigenvalue weighted by Gasteiger charge is -2.31. The number of hydrogen-bond acceptors (Lipinski definition) is 4. The topological polar surface area (TPSA) is 45.5 Å². The summed E-state index contributed by atoms with van der Waals surface area (Å²) in [5, 5.41) is 8.90. The largest absolute Gasteiger partial charge is 0.383 e. The van der Waals surface area contributed by atoms with Crippen LogP contribution >= 0.6 is 0 Å². The Morgan fingerprint density at radius 2 is 2.05 bits per heavy atom. The lowest BCUT2D eigenvalue weighted by molar-refractivity contribution is 0.171. The number of nitriles is 1. The van der Waals surface area contributed by atoms with Crippen molar-refractivity contribution in [2.75, 3.05) is 38.9 Å². The number of methoxy groups -OCH3 is 2. The van der Waals surface area contributed by atoms with Gasteiger partial charge in [-0.1, -0.05) is 0 Å². The van der Waals surface area contributed by atoms with Gasteiger partial charge in [-0.05, 0) is 25.1 Å². The SMILES string of the molecule is COCCN(c1cc(F)cc(C#N)c1)C(C)COC. The summed E-state index contributed by atoms with van der Waals surface area (Å²) < 4.78 is 23.7. The molecular weight excluding hydrogens is 247 g/mol. The van der Waals surface area contributed by atoms with Gasteiger partial charge in [0, 0.05) is 32.5 Å². The molecule has 0 heterocycles. The van der Waals surface area contributed by atoms with Crippen LogP contribution in [0, 0.1) is 17.1 Å². The van der Waals surface area contributed by atoms with Crippen molar-refractivity contribution in [3.8, 4) is 6.07 Å². The van der Waals surface area contributed by atoms with Gasteiger partial charge < -0.3 is 14.4 Å². The van der Waals surface area contributed by atoms with E-state index in [0.29, 0.717) is 31.0 Å². The number of benzene rings is 1. The summed E-state index contributed by atoms with van der Waals surface area (Å²) in [6, 6.07) is 6.34. The van der Waals surface area contributed by atoms with Gasteiger partial charge in [-0.25, -0.2) is 4.39 Å². The third-order valence-electron chi connectivity index (χ3n) is 2.82. The number of ether oxygens (including phenoxy) is 2. The van der Waals surface area contributed by atoms with Crippen LogP contribution in [0.1, 0.15) is 12.5 Å². The first-order chi connectivity index (χ1) is 9.12. The molecule has 0 bridgehead atoms. The minimum absolute atomic E-state index is 0.0634. The van der Waals surface area contributed by atoms with Gasteiger partial charge in [-0.2, -0.15) is 5.26 Å². The molecule has 0 saturated heterocycles. The zero-order chi connectivity index (χ0) is 14.3. The Labute approximate surface area is 113 Å². The van der Waals surface area contributed by atoms with Gasteiger partial charge in [-0.15, -0.1) is 0 Å². The maximum atomic E-state index is 13.5. The van der Waals surface area contributed by atoms with Crippen molar-refractivity contribution in [3.05, 3.63) is 29.6 Å². The second-order valence-electron chi connectivity index (χ2n) is 4.30. The van der Waals surface area contributed by atoms with E-state index in [1.165, 1.54) is 12.1 Å². The van der Waals surface area contributed by atoms with Crippen molar-refractivity contribution < 1.29 is 13.9 Å². The predicted molar refractivity (Wildman–Crippen MR) is 71.7 cm³/mol. The molecule has 1 aromatic rings. The quantitative estimate of drug-likeness (QED) is 0.759. The minimum Gasteiger partial charge on any atom is -0.383 e. The Morgan fingerprint density at radius 3 is 2.63 bits per heavy atom. The van der Waals surface area contributed by atoms with Crippen molar-refractivity contribution in [1.82, 2.24) is 0 Å². The molecule has 1 unspecified atom stereocenters. The molecule has 19 heavy (non-hydrogen) atoms. The number of anilines is 1. The molecule has 1 rings (SSSR count). The maximum Gasteiger partial charge on any atom is 0.126 e. The zero-order valence-corrected chi connectivity index (χ0v) is 11.5. The molecule has 0 N–H and O–H groups in total. The van der Waals surface area contributed by atoms with Crippen molar-refractivity contribution in [2.45, 2.75) is 13.0 Å². The summed E-state index contributed by atoms with van der Waals surface area (Å²) in [6.07, 6.45) is 0. The van der Waals surface area contributed by atoms with Crippen LogP contribution in [0.4, 0.5) is 10.1 Å². The summed E-state index contributed by atoms with van der Waals surface area (Å²) in [7, 11) is 3.24. The fraction of sp³-hybridized carbons (Fsp3) is 0.500. The van der Waals surface area contributed by atoms with Crippen LogP contribution in [0.5, 0.6) is 0 Å². The predicted octanol–water partition coefficient (Wildman–Crippen LogP) is 2.19. The number of nitrogens with zero attached hydrogens (tertiary/aromatic N) is 2. The Bertz CT molecular complexity index is 446. The summed E-state index contributed by atoms with van der Waals surface area (Å²) in [6.45, 7) is 3.63. The molecule has 1 aromatic carbocycles. The number of rotatable bonds is 7. The van der Waals surface area contributed by atoms with E-state index in [9.17, 15) is 4.39 Å². The smallest absolute Gasteiger partial charge is 0.126 e. The van der Waals surface area contributed by atoms with E-state index in [4.69, 9.17) is 14.7 Å². The minimum atomic E-state index is -0.416. The van der Waals surface area contributed by atoms with Crippen molar-refractivity contribution in [1.29, 1.82) is 5.26 Å². The van der Waals surface area contributed by atoms with E-state index in [1.807, 2.05) is 17.9 Å². The van der Waals surface area contributed by atoms with Crippen LogP contribution in [0.2, 0.25) is 0 Å². The highest BCUT2D eigenvalue weighted by atomic mass is 19.1. The fourth-order valence-corrected chi connectivity index (χ4v) is 1.93. The van der Waals surface area contributed by atoms with Crippen molar-refractivity contribution >= 4 is 5.69 Å². The molecule has 104 valence electrons. The van der Waals surface area contributed by atoms with E-state index in [1.54, 1.807) is 20.3 Å². The number of halogens is 1. The molecule has 0 spiro atoms. The third kappa shape index (κ3) is 4.51. The van der Waals surface area contributed by atoms with Gasteiger partial charge in [0.15, 0.2) is 0 Å². The summed E-state index contributed by atoms with van der Waals surface area (Å²) in [5.74, 6) is -0.416. The molecule has 0 aromatic heterocycles. The molecular formula is C14H19FN2O2. The van der Waals surface area contributed by atoms with Crippen molar-refractivity contribution in [3.63, 3.8) is 0 Å². The van der Waals surface area contributed by atoms with Crippen LogP contribution < -0.4 is 4.90 Å². The van der Waals surface area contributed by atoms with Gasteiger partial charge in [0.1, 0.15) is 5.82 Å². The second kappa shape index (κ2) is 7.72. The molecule has 0 saturated carbocycles. The fourth-order valence-electron chi connectivity index (χ4n) is 1.93. The molecule has 0 aliphatic heterocycles. The highest BCUT2D eigenvalue weighted by Gasteiger charge is 2.15. The van der Waals surface area contributed by atoms with Crippen LogP contribution in [0.25, 0.3) is 0 Å². The normalized spacial score (nSPS) is 11.9. The highest BCUT2D eigenvalue weighted by molar-refractivity contribution is 5.52. The van der Waals surface area contributed by atoms with E-state index >= 15 is 0 Å². The molecule has 1 atom stereocenters. The molecule has 0 aliphatic carbocycles. The van der Waals surface area contributed by atoms with Crippen LogP contribution in [0.15, 0.2) is 18.2 Å². The first-order valence-corrected chi connectivity index (χ1v) is 6.07. The molecule has 4 nitrogen and oxygen atoms in total. The van der Waals surface area contributed by atoms with Crippen LogP contribution in [0.3, 0.4) is 0 Å². The molecule has 0 aliphatic rings. The maximum absolute atomic E-state index is 13.5. The van der Waals surface area contributed by atoms with Gasteiger partial charge in [-0.3, -0.25) is 0 Å². The Kier molecular flexibility index (Phi) is 6.26. The molecule has 0 amide bonds. The standard InChI is InChI=1S/C14H19FN2O2/c1-11(10-19-3)17(4-5-18-2)14-7-12(9-16)6-13(15)8-14/h6-8,11H,4-5,10H2,1-3H3. The lowest BCUT2D eigenvalue weighted by atomic mass is 10.1. The average Bonchev–Trinajstić information content (AvgIpc) is 2.39. The zero-order valence-electron chi connectivity index (χ0n) is 11.5. The molecule has 5 heteroatoms. The third-order valence-corrected chi connectivity index (χ3v) is 2.82. The van der Waals surface area contributed by atoms with Gasteiger partial charge in [0.2, 0.25) is 0 Å². The van der Waals surface area contributed by atoms with E-state index in [0.717, 1.165) is 0 Å². The van der Waals surface area contributed by atoms with E-state index in [-0.39, 0.29) is 6.04 Å². The monoisotopic (exact) mass is 266 g/mol. The number of hydrogen-bond donors (Lipinski definition) is 0. The highest BCUT2D eigenvalue weighted by Crippen LogP contribution is 2.20. The van der Waals surface area contributed by atoms with Crippen LogP contribution in [-0.4, -0.2) is 40.0 Å². The lowest BCUT2D eigenvalue weighted by Crippen LogP contribution is -2.38. The van der Waals surface area contributed by atoms with E-state index < -0.39 is 5.82 Å². The Hall–Kier alpha value is -1.64. The van der Waals surface area contributed by atoms with Gasteiger partial charge >= 0.3 is 0 Å². The Balaban J connectivity index is 3.02. The van der Waals surface area contributed by atoms with Crippen molar-refractivity contribution in [2.24, 2.45) is 0 Å². The molecule has 0 radical (unpaired) electrons. The second-order valence-corrected chi connectivity index (χ2v) is 4.30. The van der Waals surface area contributed by atoms with Gasteiger partial charge in [0.25, 0.3) is 0 Å². The molecule has 0 fully saturated rings. The Morgan fingerprint density at radius 1 is 1.32 bits per heavy atom. The van der Waals surface area contributed by atoms with E-state index in [2.05, 4.69) is 0 Å². The summed E-state index contributed by atoms with van der Waals surface area (Å²) >= 11 is 0.